The van der Waals surface area contributed by atoms with Gasteiger partial charge in [0, 0.05) is 23.1 Å². The number of nitrogens with zero attached hydrogens (tertiary/aromatic N) is 1. The fraction of sp³-hybridized carbons (Fsp3) is 0.0833. The van der Waals surface area contributed by atoms with E-state index in [2.05, 4.69) is 5.32 Å². The molecule has 0 unspecified atom stereocenters. The van der Waals surface area contributed by atoms with Gasteiger partial charge in [-0.3, -0.25) is 9.59 Å². The summed E-state index contributed by atoms with van der Waals surface area (Å²) in [5.74, 6) is 0.181. The quantitative estimate of drug-likeness (QED) is 0.488. The smallest absolute Gasteiger partial charge is 0.272 e. The molecule has 0 saturated carbocycles. The molecule has 0 atom stereocenters. The number of rotatable bonds is 6. The number of anilines is 1. The third-order valence-electron chi connectivity index (χ3n) is 4.85. The number of benzene rings is 3. The number of aromatic nitrogens is 1. The lowest BCUT2D eigenvalue weighted by atomic mass is 10.2. The molecule has 4 aromatic rings. The number of carbonyl (C=O) groups is 2. The van der Waals surface area contributed by atoms with E-state index >= 15 is 0 Å². The fourth-order valence-electron chi connectivity index (χ4n) is 3.43. The number of carbonyl (C=O) groups excluding carboxylic acids is 2. The first kappa shape index (κ1) is 19.3. The Balaban J connectivity index is 1.52. The molecule has 0 bridgehead atoms. The average Bonchev–Trinajstić information content (AvgIpc) is 3.14. The van der Waals surface area contributed by atoms with Crippen LogP contribution < -0.4 is 15.8 Å². The van der Waals surface area contributed by atoms with Crippen molar-refractivity contribution in [3.8, 4) is 11.5 Å². The van der Waals surface area contributed by atoms with Crippen molar-refractivity contribution in [1.82, 2.24) is 4.57 Å². The Labute approximate surface area is 173 Å². The fourth-order valence-corrected chi connectivity index (χ4v) is 3.43. The Morgan fingerprint density at radius 2 is 1.67 bits per heavy atom. The van der Waals surface area contributed by atoms with E-state index in [1.165, 1.54) is 0 Å². The number of para-hydroxylation sites is 2. The van der Waals surface area contributed by atoms with E-state index in [4.69, 9.17) is 10.5 Å². The largest absolute Gasteiger partial charge is 0.457 e. The van der Waals surface area contributed by atoms with Crippen LogP contribution in [0.3, 0.4) is 0 Å². The highest BCUT2D eigenvalue weighted by atomic mass is 16.5. The summed E-state index contributed by atoms with van der Waals surface area (Å²) in [4.78, 5) is 24.4. The van der Waals surface area contributed by atoms with Crippen LogP contribution >= 0.6 is 0 Å². The number of hydrogen-bond donors (Lipinski definition) is 2. The molecule has 0 saturated heterocycles. The van der Waals surface area contributed by atoms with Crippen LogP contribution in [0.4, 0.5) is 5.69 Å². The van der Waals surface area contributed by atoms with Crippen LogP contribution in [0, 0.1) is 0 Å². The summed E-state index contributed by atoms with van der Waals surface area (Å²) in [7, 11) is 0. The van der Waals surface area contributed by atoms with Gasteiger partial charge >= 0.3 is 0 Å². The third-order valence-corrected chi connectivity index (χ3v) is 4.85. The minimum atomic E-state index is -0.555. The van der Waals surface area contributed by atoms with Gasteiger partial charge in [-0.2, -0.15) is 0 Å². The standard InChI is InChI=1S/C24H21N3O3/c1-2-27-20-9-5-3-7-16(20)15-21(27)24(29)26-17-11-13-18(14-12-17)30-22-10-6-4-8-19(22)23(25)28/h3-15H,2H2,1H3,(H2,25,28)(H,26,29). The Morgan fingerprint density at radius 1 is 0.967 bits per heavy atom. The van der Waals surface area contributed by atoms with Crippen molar-refractivity contribution in [2.45, 2.75) is 13.5 Å². The van der Waals surface area contributed by atoms with Gasteiger partial charge in [-0.1, -0.05) is 30.3 Å². The molecule has 0 aliphatic carbocycles. The van der Waals surface area contributed by atoms with E-state index in [9.17, 15) is 9.59 Å². The van der Waals surface area contributed by atoms with Crippen molar-refractivity contribution in [3.05, 3.63) is 90.1 Å². The molecule has 3 aromatic carbocycles. The number of nitrogens with one attached hydrogen (secondary N) is 1. The zero-order valence-electron chi connectivity index (χ0n) is 16.5. The molecule has 6 heteroatoms. The first-order valence-corrected chi connectivity index (χ1v) is 9.63. The summed E-state index contributed by atoms with van der Waals surface area (Å²) >= 11 is 0. The second-order valence-corrected chi connectivity index (χ2v) is 6.77. The topological polar surface area (TPSA) is 86.3 Å². The average molecular weight is 399 g/mol. The number of primary amides is 1. The number of amides is 2. The number of aryl methyl sites for hydroxylation is 1. The molecule has 2 amide bonds. The Hall–Kier alpha value is -4.06. The minimum Gasteiger partial charge on any atom is -0.457 e. The third kappa shape index (κ3) is 3.75. The van der Waals surface area contributed by atoms with E-state index in [-0.39, 0.29) is 5.91 Å². The van der Waals surface area contributed by atoms with E-state index < -0.39 is 5.91 Å². The first-order valence-electron chi connectivity index (χ1n) is 9.63. The maximum atomic E-state index is 12.8. The number of hydrogen-bond acceptors (Lipinski definition) is 3. The van der Waals surface area contributed by atoms with Crippen molar-refractivity contribution >= 4 is 28.4 Å². The SMILES string of the molecule is CCn1c(C(=O)Nc2ccc(Oc3ccccc3C(N)=O)cc2)cc2ccccc21. The lowest BCUT2D eigenvalue weighted by Gasteiger charge is -2.11. The van der Waals surface area contributed by atoms with Crippen LogP contribution in [0.5, 0.6) is 11.5 Å². The van der Waals surface area contributed by atoms with E-state index in [0.29, 0.717) is 35.0 Å². The molecule has 4 rings (SSSR count). The lowest BCUT2D eigenvalue weighted by molar-refractivity contribution is 0.0994. The van der Waals surface area contributed by atoms with Crippen LogP contribution in [0.25, 0.3) is 10.9 Å². The van der Waals surface area contributed by atoms with Gasteiger partial charge in [-0.15, -0.1) is 0 Å². The molecular weight excluding hydrogens is 378 g/mol. The second-order valence-electron chi connectivity index (χ2n) is 6.77. The Morgan fingerprint density at radius 3 is 2.40 bits per heavy atom. The van der Waals surface area contributed by atoms with Gasteiger partial charge in [-0.25, -0.2) is 0 Å². The predicted octanol–water partition coefficient (Wildman–Crippen LogP) is 4.80. The molecule has 0 radical (unpaired) electrons. The highest BCUT2D eigenvalue weighted by molar-refractivity contribution is 6.06. The molecule has 150 valence electrons. The lowest BCUT2D eigenvalue weighted by Crippen LogP contribution is -2.16. The van der Waals surface area contributed by atoms with E-state index in [1.54, 1.807) is 48.5 Å². The van der Waals surface area contributed by atoms with Gasteiger partial charge in [0.05, 0.1) is 5.56 Å². The molecule has 0 spiro atoms. The number of nitrogens with two attached hydrogens (primary N) is 1. The van der Waals surface area contributed by atoms with E-state index in [0.717, 1.165) is 10.9 Å². The van der Waals surface area contributed by atoms with Gasteiger partial charge in [-0.05, 0) is 55.5 Å². The summed E-state index contributed by atoms with van der Waals surface area (Å²) in [5.41, 5.74) is 7.97. The maximum Gasteiger partial charge on any atom is 0.272 e. The minimum absolute atomic E-state index is 0.180. The van der Waals surface area contributed by atoms with Crippen LogP contribution in [0.15, 0.2) is 78.9 Å². The second kappa shape index (κ2) is 8.13. The van der Waals surface area contributed by atoms with Gasteiger partial charge in [0.2, 0.25) is 0 Å². The molecule has 6 nitrogen and oxygen atoms in total. The molecule has 0 fully saturated rings. The molecule has 1 aromatic heterocycles. The number of ether oxygens (including phenoxy) is 1. The summed E-state index contributed by atoms with van der Waals surface area (Å²) < 4.78 is 7.76. The van der Waals surface area contributed by atoms with Crippen molar-refractivity contribution in [2.24, 2.45) is 5.73 Å². The van der Waals surface area contributed by atoms with Crippen molar-refractivity contribution < 1.29 is 14.3 Å². The molecule has 0 aliphatic heterocycles. The van der Waals surface area contributed by atoms with Gasteiger partial charge in [0.25, 0.3) is 11.8 Å². The summed E-state index contributed by atoms with van der Waals surface area (Å²) in [6.45, 7) is 2.71. The van der Waals surface area contributed by atoms with E-state index in [1.807, 2.05) is 41.8 Å². The van der Waals surface area contributed by atoms with Gasteiger partial charge < -0.3 is 20.4 Å². The highest BCUT2D eigenvalue weighted by Gasteiger charge is 2.15. The maximum absolute atomic E-state index is 12.8. The first-order chi connectivity index (χ1) is 14.6. The monoisotopic (exact) mass is 399 g/mol. The highest BCUT2D eigenvalue weighted by Crippen LogP contribution is 2.27. The summed E-state index contributed by atoms with van der Waals surface area (Å²) in [6, 6.07) is 23.5. The van der Waals surface area contributed by atoms with Gasteiger partial charge in [0.15, 0.2) is 0 Å². The van der Waals surface area contributed by atoms with Crippen LogP contribution in [0.2, 0.25) is 0 Å². The normalized spacial score (nSPS) is 10.7. The Kier molecular flexibility index (Phi) is 5.22. The van der Waals surface area contributed by atoms with Crippen molar-refractivity contribution in [2.75, 3.05) is 5.32 Å². The molecule has 1 heterocycles. The van der Waals surface area contributed by atoms with Crippen LogP contribution in [-0.4, -0.2) is 16.4 Å². The zero-order chi connectivity index (χ0) is 21.1. The predicted molar refractivity (Wildman–Crippen MR) is 117 cm³/mol. The molecule has 3 N–H and O–H groups in total. The number of fused-ring (bicyclic) bond motifs is 1. The molecule has 30 heavy (non-hydrogen) atoms. The summed E-state index contributed by atoms with van der Waals surface area (Å²) in [6.07, 6.45) is 0. The van der Waals surface area contributed by atoms with Crippen LogP contribution in [-0.2, 0) is 6.54 Å². The molecular formula is C24H21N3O3. The van der Waals surface area contributed by atoms with Gasteiger partial charge in [0.1, 0.15) is 17.2 Å². The Bertz CT molecular complexity index is 1230. The van der Waals surface area contributed by atoms with Crippen molar-refractivity contribution in [3.63, 3.8) is 0 Å². The van der Waals surface area contributed by atoms with Crippen molar-refractivity contribution in [1.29, 1.82) is 0 Å². The molecule has 0 aliphatic rings. The van der Waals surface area contributed by atoms with Crippen LogP contribution in [0.1, 0.15) is 27.8 Å². The summed E-state index contributed by atoms with van der Waals surface area (Å²) in [5, 5.41) is 3.95. The zero-order valence-corrected chi connectivity index (χ0v) is 16.5.